The van der Waals surface area contributed by atoms with E-state index >= 15 is 0 Å². The Hall–Kier alpha value is -1.46. The summed E-state index contributed by atoms with van der Waals surface area (Å²) in [6.07, 6.45) is 2.73. The number of hydrogen-bond donors (Lipinski definition) is 1. The highest BCUT2D eigenvalue weighted by Gasteiger charge is 2.12. The predicted molar refractivity (Wildman–Crippen MR) is 87.9 cm³/mol. The normalized spacial score (nSPS) is 11.2. The molecule has 0 unspecified atom stereocenters. The van der Waals surface area contributed by atoms with Crippen LogP contribution in [0.1, 0.15) is 27.8 Å². The lowest BCUT2D eigenvalue weighted by Crippen LogP contribution is -2.02. The van der Waals surface area contributed by atoms with Crippen LogP contribution in [-0.2, 0) is 13.0 Å². The van der Waals surface area contributed by atoms with Gasteiger partial charge in [0.25, 0.3) is 0 Å². The molecule has 0 amide bonds. The van der Waals surface area contributed by atoms with E-state index in [0.29, 0.717) is 0 Å². The average molecular weight is 303 g/mol. The van der Waals surface area contributed by atoms with Gasteiger partial charge in [-0.15, -0.1) is 22.7 Å². The van der Waals surface area contributed by atoms with Gasteiger partial charge in [-0.1, -0.05) is 6.92 Å². The van der Waals surface area contributed by atoms with Crippen molar-refractivity contribution >= 4 is 38.7 Å². The van der Waals surface area contributed by atoms with Crippen molar-refractivity contribution in [3.05, 3.63) is 38.7 Å². The number of nitrogens with one attached hydrogen (secondary N) is 1. The Labute approximate surface area is 126 Å². The highest BCUT2D eigenvalue weighted by molar-refractivity contribution is 7.18. The van der Waals surface area contributed by atoms with Gasteiger partial charge in [0.1, 0.15) is 17.0 Å². The molecule has 5 heteroatoms. The quantitative estimate of drug-likeness (QED) is 0.768. The van der Waals surface area contributed by atoms with Crippen LogP contribution in [0.5, 0.6) is 0 Å². The van der Waals surface area contributed by atoms with E-state index < -0.39 is 0 Å². The summed E-state index contributed by atoms with van der Waals surface area (Å²) in [4.78, 5) is 12.6. The standard InChI is InChI=1S/C15H17N3S2/c1-4-11-5-6-19-12(11)7-16-14-13-9(2)10(3)20-15(13)18-8-17-14/h5-6,8H,4,7H2,1-3H3,(H,16,17,18). The largest absolute Gasteiger partial charge is 0.365 e. The van der Waals surface area contributed by atoms with Crippen LogP contribution in [0.4, 0.5) is 5.82 Å². The fourth-order valence-electron chi connectivity index (χ4n) is 2.32. The fraction of sp³-hybridized carbons (Fsp3) is 0.333. The molecule has 0 atom stereocenters. The highest BCUT2D eigenvalue weighted by Crippen LogP contribution is 2.32. The summed E-state index contributed by atoms with van der Waals surface area (Å²) in [6, 6.07) is 2.21. The maximum Gasteiger partial charge on any atom is 0.138 e. The molecule has 0 aliphatic rings. The van der Waals surface area contributed by atoms with Crippen molar-refractivity contribution in [2.45, 2.75) is 33.7 Å². The van der Waals surface area contributed by atoms with Crippen LogP contribution >= 0.6 is 22.7 Å². The SMILES string of the molecule is CCc1ccsc1CNc1ncnc2sc(C)c(C)c12. The lowest BCUT2D eigenvalue weighted by molar-refractivity contribution is 1.06. The molecule has 3 nitrogen and oxygen atoms in total. The Morgan fingerprint density at radius 2 is 2.10 bits per heavy atom. The smallest absolute Gasteiger partial charge is 0.138 e. The van der Waals surface area contributed by atoms with Gasteiger partial charge in [-0.3, -0.25) is 0 Å². The molecule has 0 radical (unpaired) electrons. The van der Waals surface area contributed by atoms with Crippen molar-refractivity contribution in [1.82, 2.24) is 9.97 Å². The van der Waals surface area contributed by atoms with Crippen LogP contribution in [0.15, 0.2) is 17.8 Å². The maximum atomic E-state index is 4.43. The first-order valence-electron chi connectivity index (χ1n) is 6.70. The van der Waals surface area contributed by atoms with Crippen LogP contribution in [0.3, 0.4) is 0 Å². The van der Waals surface area contributed by atoms with Crippen molar-refractivity contribution in [1.29, 1.82) is 0 Å². The fourth-order valence-corrected chi connectivity index (χ4v) is 4.23. The van der Waals surface area contributed by atoms with Crippen LogP contribution in [0.25, 0.3) is 10.2 Å². The molecule has 0 aliphatic carbocycles. The van der Waals surface area contributed by atoms with Crippen LogP contribution in [0.2, 0.25) is 0 Å². The van der Waals surface area contributed by atoms with Gasteiger partial charge in [-0.2, -0.15) is 0 Å². The van der Waals surface area contributed by atoms with Gasteiger partial charge < -0.3 is 5.32 Å². The summed E-state index contributed by atoms with van der Waals surface area (Å²) in [5.74, 6) is 0.951. The van der Waals surface area contributed by atoms with E-state index in [4.69, 9.17) is 0 Å². The molecular formula is C15H17N3S2. The molecule has 0 aromatic carbocycles. The van der Waals surface area contributed by atoms with Gasteiger partial charge in [-0.05, 0) is 42.8 Å². The third-order valence-corrected chi connectivity index (χ3v) is 5.68. The second kappa shape index (κ2) is 5.50. The molecule has 0 spiro atoms. The molecule has 0 saturated carbocycles. The number of thiophene rings is 2. The Kier molecular flexibility index (Phi) is 3.72. The first-order valence-corrected chi connectivity index (χ1v) is 8.40. The van der Waals surface area contributed by atoms with Gasteiger partial charge >= 0.3 is 0 Å². The van der Waals surface area contributed by atoms with E-state index in [1.54, 1.807) is 29.0 Å². The van der Waals surface area contributed by atoms with Crippen molar-refractivity contribution in [2.75, 3.05) is 5.32 Å². The monoisotopic (exact) mass is 303 g/mol. The Balaban J connectivity index is 1.91. The zero-order valence-electron chi connectivity index (χ0n) is 11.9. The molecule has 0 bridgehead atoms. The van der Waals surface area contributed by atoms with Gasteiger partial charge in [0.2, 0.25) is 0 Å². The lowest BCUT2D eigenvalue weighted by Gasteiger charge is -2.07. The van der Waals surface area contributed by atoms with E-state index in [1.165, 1.54) is 26.3 Å². The number of hydrogen-bond acceptors (Lipinski definition) is 5. The molecule has 3 heterocycles. The topological polar surface area (TPSA) is 37.8 Å². The first kappa shape index (κ1) is 13.5. The minimum atomic E-state index is 0.835. The summed E-state index contributed by atoms with van der Waals surface area (Å²) in [7, 11) is 0. The van der Waals surface area contributed by atoms with E-state index in [-0.39, 0.29) is 0 Å². The summed E-state index contributed by atoms with van der Waals surface area (Å²) in [5, 5.41) is 6.81. The van der Waals surface area contributed by atoms with Crippen molar-refractivity contribution < 1.29 is 0 Å². The number of nitrogens with zero attached hydrogens (tertiary/aromatic N) is 2. The average Bonchev–Trinajstić information content (AvgIpc) is 3.02. The van der Waals surface area contributed by atoms with E-state index in [9.17, 15) is 0 Å². The van der Waals surface area contributed by atoms with Crippen LogP contribution < -0.4 is 5.32 Å². The molecule has 0 fully saturated rings. The van der Waals surface area contributed by atoms with Gasteiger partial charge in [0, 0.05) is 9.75 Å². The van der Waals surface area contributed by atoms with Crippen LogP contribution in [-0.4, -0.2) is 9.97 Å². The predicted octanol–water partition coefficient (Wildman–Crippen LogP) is 4.54. The van der Waals surface area contributed by atoms with E-state index in [2.05, 4.69) is 47.5 Å². The molecule has 3 rings (SSSR count). The lowest BCUT2D eigenvalue weighted by atomic mass is 10.2. The molecule has 0 saturated heterocycles. The molecule has 20 heavy (non-hydrogen) atoms. The first-order chi connectivity index (χ1) is 9.70. The van der Waals surface area contributed by atoms with E-state index in [1.807, 2.05) is 0 Å². The Morgan fingerprint density at radius 1 is 1.25 bits per heavy atom. The number of aryl methyl sites for hydroxylation is 3. The molecule has 1 N–H and O–H groups in total. The molecule has 104 valence electrons. The highest BCUT2D eigenvalue weighted by atomic mass is 32.1. The van der Waals surface area contributed by atoms with Crippen molar-refractivity contribution in [2.24, 2.45) is 0 Å². The van der Waals surface area contributed by atoms with E-state index in [0.717, 1.165) is 23.6 Å². The zero-order valence-corrected chi connectivity index (χ0v) is 13.5. The van der Waals surface area contributed by atoms with Crippen molar-refractivity contribution in [3.8, 4) is 0 Å². The summed E-state index contributed by atoms with van der Waals surface area (Å²) < 4.78 is 0. The number of aromatic nitrogens is 2. The Bertz CT molecular complexity index is 743. The molecular weight excluding hydrogens is 286 g/mol. The third-order valence-electron chi connectivity index (χ3n) is 3.60. The summed E-state index contributed by atoms with van der Waals surface area (Å²) >= 11 is 3.54. The number of anilines is 1. The zero-order chi connectivity index (χ0) is 14.1. The molecule has 3 aromatic heterocycles. The number of fused-ring (bicyclic) bond motifs is 1. The Morgan fingerprint density at radius 3 is 2.90 bits per heavy atom. The maximum absolute atomic E-state index is 4.43. The minimum Gasteiger partial charge on any atom is -0.365 e. The molecule has 0 aliphatic heterocycles. The van der Waals surface area contributed by atoms with Gasteiger partial charge in [0.05, 0.1) is 11.9 Å². The summed E-state index contributed by atoms with van der Waals surface area (Å²) in [5.41, 5.74) is 2.71. The minimum absolute atomic E-state index is 0.835. The number of rotatable bonds is 4. The van der Waals surface area contributed by atoms with Crippen LogP contribution in [0, 0.1) is 13.8 Å². The summed E-state index contributed by atoms with van der Waals surface area (Å²) in [6.45, 7) is 7.31. The second-order valence-corrected chi connectivity index (χ2v) is 6.97. The van der Waals surface area contributed by atoms with Gasteiger partial charge in [-0.25, -0.2) is 9.97 Å². The second-order valence-electron chi connectivity index (χ2n) is 4.76. The molecule has 3 aromatic rings. The third kappa shape index (κ3) is 2.31. The van der Waals surface area contributed by atoms with Gasteiger partial charge in [0.15, 0.2) is 0 Å². The van der Waals surface area contributed by atoms with Crippen molar-refractivity contribution in [3.63, 3.8) is 0 Å².